The summed E-state index contributed by atoms with van der Waals surface area (Å²) in [6.07, 6.45) is 0. The van der Waals surface area contributed by atoms with Crippen LogP contribution in [-0.4, -0.2) is 11.9 Å². The molecule has 0 saturated heterocycles. The summed E-state index contributed by atoms with van der Waals surface area (Å²) in [4.78, 5) is 25.0. The lowest BCUT2D eigenvalue weighted by atomic mass is 9.82. The number of benzene rings is 2. The second-order valence-corrected chi connectivity index (χ2v) is 6.13. The molecule has 0 radical (unpaired) electrons. The van der Waals surface area contributed by atoms with Crippen molar-refractivity contribution in [3.8, 4) is 11.5 Å². The topological polar surface area (TPSA) is 52.6 Å². The van der Waals surface area contributed by atoms with E-state index in [2.05, 4.69) is 13.8 Å². The van der Waals surface area contributed by atoms with Gasteiger partial charge in [-0.3, -0.25) is 9.59 Å². The number of rotatable bonds is 3. The largest absolute Gasteiger partial charge is 0.425 e. The second-order valence-electron chi connectivity index (χ2n) is 6.13. The summed E-state index contributed by atoms with van der Waals surface area (Å²) >= 11 is 0. The Morgan fingerprint density at radius 2 is 1.83 bits per heavy atom. The average Bonchev–Trinajstić information content (AvgIpc) is 2.80. The van der Waals surface area contributed by atoms with Gasteiger partial charge in [0.25, 0.3) is 0 Å². The highest BCUT2D eigenvalue weighted by molar-refractivity contribution is 6.10. The molecule has 4 heteroatoms. The fraction of sp³-hybridized carbons (Fsp3) is 0.263. The number of hydrogen-bond acceptors (Lipinski definition) is 4. The third-order valence-corrected chi connectivity index (χ3v) is 4.18. The van der Waals surface area contributed by atoms with E-state index in [-0.39, 0.29) is 5.92 Å². The number of fused-ring (bicyclic) bond motifs is 1. The lowest BCUT2D eigenvalue weighted by Gasteiger charge is -2.19. The van der Waals surface area contributed by atoms with Crippen molar-refractivity contribution in [1.82, 2.24) is 0 Å². The number of carbonyl (C=O) groups is 2. The smallest absolute Gasteiger partial charge is 0.333 e. The zero-order valence-corrected chi connectivity index (χ0v) is 13.3. The van der Waals surface area contributed by atoms with Gasteiger partial charge in [-0.1, -0.05) is 44.2 Å². The van der Waals surface area contributed by atoms with Crippen molar-refractivity contribution in [3.05, 3.63) is 59.7 Å². The molecule has 2 aromatic rings. The van der Waals surface area contributed by atoms with Crippen LogP contribution in [0.4, 0.5) is 0 Å². The molecule has 0 bridgehead atoms. The van der Waals surface area contributed by atoms with Crippen LogP contribution in [0.3, 0.4) is 0 Å². The van der Waals surface area contributed by atoms with Crippen LogP contribution in [0.2, 0.25) is 0 Å². The van der Waals surface area contributed by atoms with Gasteiger partial charge < -0.3 is 9.47 Å². The first-order valence-electron chi connectivity index (χ1n) is 7.57. The van der Waals surface area contributed by atoms with Crippen LogP contribution in [-0.2, 0) is 15.0 Å². The first-order valence-corrected chi connectivity index (χ1v) is 7.57. The van der Waals surface area contributed by atoms with Crippen molar-refractivity contribution in [1.29, 1.82) is 0 Å². The molecule has 1 aliphatic heterocycles. The highest BCUT2D eigenvalue weighted by atomic mass is 16.6. The van der Waals surface area contributed by atoms with Crippen molar-refractivity contribution < 1.29 is 19.1 Å². The zero-order valence-electron chi connectivity index (χ0n) is 13.3. The molecule has 0 spiro atoms. The van der Waals surface area contributed by atoms with Crippen LogP contribution in [0, 0.1) is 0 Å². The van der Waals surface area contributed by atoms with Gasteiger partial charge in [0, 0.05) is 5.56 Å². The number of ether oxygens (including phenoxy) is 2. The van der Waals surface area contributed by atoms with E-state index in [4.69, 9.17) is 9.47 Å². The third kappa shape index (κ3) is 2.50. The fourth-order valence-corrected chi connectivity index (χ4v) is 2.59. The zero-order chi connectivity index (χ0) is 16.6. The van der Waals surface area contributed by atoms with E-state index < -0.39 is 17.4 Å². The third-order valence-electron chi connectivity index (χ3n) is 4.18. The molecule has 1 heterocycles. The Hall–Kier alpha value is -2.62. The maximum Gasteiger partial charge on any atom is 0.333 e. The molecule has 1 atom stereocenters. The predicted octanol–water partition coefficient (Wildman–Crippen LogP) is 3.59. The Kier molecular flexibility index (Phi) is 3.68. The lowest BCUT2D eigenvalue weighted by Crippen LogP contribution is -2.42. The minimum Gasteiger partial charge on any atom is -0.425 e. The van der Waals surface area contributed by atoms with Gasteiger partial charge in [0.2, 0.25) is 0 Å². The van der Waals surface area contributed by atoms with Gasteiger partial charge in [0.15, 0.2) is 5.41 Å². The van der Waals surface area contributed by atoms with Gasteiger partial charge in [0.1, 0.15) is 11.5 Å². The molecule has 1 aliphatic rings. The molecule has 4 nitrogen and oxygen atoms in total. The van der Waals surface area contributed by atoms with Gasteiger partial charge in [0.05, 0.1) is 0 Å². The van der Waals surface area contributed by atoms with Crippen molar-refractivity contribution in [2.24, 2.45) is 0 Å². The van der Waals surface area contributed by atoms with E-state index in [1.54, 1.807) is 37.3 Å². The quantitative estimate of drug-likeness (QED) is 0.494. The van der Waals surface area contributed by atoms with Crippen LogP contribution in [0.25, 0.3) is 0 Å². The minimum absolute atomic E-state index is 0.283. The van der Waals surface area contributed by atoms with Gasteiger partial charge in [-0.15, -0.1) is 0 Å². The van der Waals surface area contributed by atoms with Crippen LogP contribution in [0.1, 0.15) is 37.8 Å². The van der Waals surface area contributed by atoms with Gasteiger partial charge >= 0.3 is 11.9 Å². The number of carbonyl (C=O) groups excluding carboxylic acids is 2. The lowest BCUT2D eigenvalue weighted by molar-refractivity contribution is -0.151. The summed E-state index contributed by atoms with van der Waals surface area (Å²) in [6, 6.07) is 14.2. The standard InChI is InChI=1S/C19H18O4/c1-12(2)13-9-10-16-15(11-13)19(3,18(21)23-16)17(20)22-14-7-5-4-6-8-14/h4-12H,1-3H3. The second kappa shape index (κ2) is 5.54. The van der Waals surface area contributed by atoms with E-state index in [1.807, 2.05) is 18.2 Å². The van der Waals surface area contributed by atoms with Gasteiger partial charge in [-0.05, 0) is 36.6 Å². The Labute approximate surface area is 135 Å². The van der Waals surface area contributed by atoms with Crippen molar-refractivity contribution in [2.75, 3.05) is 0 Å². The van der Waals surface area contributed by atoms with Crippen molar-refractivity contribution in [3.63, 3.8) is 0 Å². The van der Waals surface area contributed by atoms with E-state index >= 15 is 0 Å². The van der Waals surface area contributed by atoms with Crippen LogP contribution < -0.4 is 9.47 Å². The summed E-state index contributed by atoms with van der Waals surface area (Å²) in [5, 5.41) is 0. The molecule has 0 N–H and O–H groups in total. The number of hydrogen-bond donors (Lipinski definition) is 0. The van der Waals surface area contributed by atoms with Gasteiger partial charge in [-0.25, -0.2) is 0 Å². The highest BCUT2D eigenvalue weighted by Gasteiger charge is 2.53. The number of para-hydroxylation sites is 1. The summed E-state index contributed by atoms with van der Waals surface area (Å²) in [5.41, 5.74) is 0.159. The minimum atomic E-state index is -1.45. The molecule has 0 aliphatic carbocycles. The van der Waals surface area contributed by atoms with E-state index in [9.17, 15) is 9.59 Å². The predicted molar refractivity (Wildman–Crippen MR) is 85.6 cm³/mol. The fourth-order valence-electron chi connectivity index (χ4n) is 2.59. The van der Waals surface area contributed by atoms with E-state index in [0.29, 0.717) is 17.1 Å². The molecular weight excluding hydrogens is 292 g/mol. The Morgan fingerprint density at radius 3 is 2.48 bits per heavy atom. The normalized spacial score (nSPS) is 19.4. The first-order chi connectivity index (χ1) is 10.9. The van der Waals surface area contributed by atoms with Crippen LogP contribution in [0.5, 0.6) is 11.5 Å². The van der Waals surface area contributed by atoms with Crippen molar-refractivity contribution >= 4 is 11.9 Å². The van der Waals surface area contributed by atoms with Crippen molar-refractivity contribution in [2.45, 2.75) is 32.1 Å². The molecule has 2 aromatic carbocycles. The molecule has 0 amide bonds. The van der Waals surface area contributed by atoms with Gasteiger partial charge in [-0.2, -0.15) is 0 Å². The summed E-state index contributed by atoms with van der Waals surface area (Å²) in [7, 11) is 0. The molecule has 1 unspecified atom stereocenters. The molecule has 0 aromatic heterocycles. The summed E-state index contributed by atoms with van der Waals surface area (Å²) in [5.74, 6) is -0.125. The molecule has 0 fully saturated rings. The molecule has 118 valence electrons. The maximum atomic E-state index is 12.7. The Balaban J connectivity index is 2.00. The highest BCUT2D eigenvalue weighted by Crippen LogP contribution is 2.42. The molecule has 0 saturated carbocycles. The van der Waals surface area contributed by atoms with E-state index in [1.165, 1.54) is 0 Å². The Morgan fingerprint density at radius 1 is 1.13 bits per heavy atom. The Bertz CT molecular complexity index is 764. The maximum absolute atomic E-state index is 12.7. The number of esters is 2. The van der Waals surface area contributed by atoms with Crippen LogP contribution in [0.15, 0.2) is 48.5 Å². The monoisotopic (exact) mass is 310 g/mol. The average molecular weight is 310 g/mol. The van der Waals surface area contributed by atoms with Crippen LogP contribution >= 0.6 is 0 Å². The first kappa shape index (κ1) is 15.3. The molecule has 23 heavy (non-hydrogen) atoms. The molecule has 3 rings (SSSR count). The van der Waals surface area contributed by atoms with E-state index in [0.717, 1.165) is 5.56 Å². The SMILES string of the molecule is CC(C)c1ccc2c(c1)C(C)(C(=O)Oc1ccccc1)C(=O)O2. The summed E-state index contributed by atoms with van der Waals surface area (Å²) < 4.78 is 10.7. The summed E-state index contributed by atoms with van der Waals surface area (Å²) in [6.45, 7) is 5.66. The molecular formula is C19H18O4.